The van der Waals surface area contributed by atoms with Crippen molar-refractivity contribution in [3.8, 4) is 11.5 Å². The Balaban J connectivity index is 1.23. The minimum atomic E-state index is -0.301. The van der Waals surface area contributed by atoms with Gasteiger partial charge in [0.1, 0.15) is 6.61 Å². The standard InChI is InChI=1S/C27H26ClN3O4S/c1-34-24-16-19(17-30-27(36)29-13-12-18-6-9-20(28)10-7-18)8-11-23(24)35-15-14-31-25(32)21-4-2-3-5-22(21)26(31)33/h2-11,16H,12-15,17H2,1H3,(H2,29,30,36). The van der Waals surface area contributed by atoms with E-state index in [9.17, 15) is 9.59 Å². The van der Waals surface area contributed by atoms with Crippen LogP contribution in [0.2, 0.25) is 5.02 Å². The normalized spacial score (nSPS) is 12.3. The molecule has 0 fully saturated rings. The number of thiocarbonyl (C=S) groups is 1. The summed E-state index contributed by atoms with van der Waals surface area (Å²) in [6.07, 6.45) is 0.833. The van der Waals surface area contributed by atoms with Crippen molar-refractivity contribution in [3.05, 3.63) is 94.0 Å². The third-order valence-corrected chi connectivity index (χ3v) is 6.28. The summed E-state index contributed by atoms with van der Waals surface area (Å²) in [7, 11) is 1.56. The fourth-order valence-corrected chi connectivity index (χ4v) is 4.15. The molecule has 3 aromatic carbocycles. The summed E-state index contributed by atoms with van der Waals surface area (Å²) in [6, 6.07) is 20.1. The van der Waals surface area contributed by atoms with Gasteiger partial charge in [-0.2, -0.15) is 0 Å². The molecule has 2 N–H and O–H groups in total. The Labute approximate surface area is 220 Å². The van der Waals surface area contributed by atoms with Gasteiger partial charge in [-0.1, -0.05) is 41.9 Å². The van der Waals surface area contributed by atoms with Gasteiger partial charge in [0.25, 0.3) is 11.8 Å². The van der Waals surface area contributed by atoms with Crippen molar-refractivity contribution >= 4 is 40.7 Å². The molecule has 0 saturated heterocycles. The highest BCUT2D eigenvalue weighted by Gasteiger charge is 2.34. The molecule has 1 heterocycles. The molecule has 1 aliphatic heterocycles. The monoisotopic (exact) mass is 523 g/mol. The molecule has 0 saturated carbocycles. The third-order valence-electron chi connectivity index (χ3n) is 5.74. The summed E-state index contributed by atoms with van der Waals surface area (Å²) >= 11 is 11.3. The van der Waals surface area contributed by atoms with Crippen LogP contribution in [-0.2, 0) is 13.0 Å². The summed E-state index contributed by atoms with van der Waals surface area (Å²) in [5.74, 6) is 0.482. The van der Waals surface area contributed by atoms with Crippen molar-refractivity contribution in [1.82, 2.24) is 15.5 Å². The molecule has 36 heavy (non-hydrogen) atoms. The highest BCUT2D eigenvalue weighted by molar-refractivity contribution is 7.80. The van der Waals surface area contributed by atoms with E-state index in [4.69, 9.17) is 33.3 Å². The van der Waals surface area contributed by atoms with Crippen molar-refractivity contribution in [2.45, 2.75) is 13.0 Å². The van der Waals surface area contributed by atoms with Gasteiger partial charge >= 0.3 is 0 Å². The number of carbonyl (C=O) groups excluding carboxylic acids is 2. The molecule has 7 nitrogen and oxygen atoms in total. The second-order valence-electron chi connectivity index (χ2n) is 8.13. The lowest BCUT2D eigenvalue weighted by Gasteiger charge is -2.16. The summed E-state index contributed by atoms with van der Waals surface area (Å²) in [6.45, 7) is 1.52. The maximum atomic E-state index is 12.5. The van der Waals surface area contributed by atoms with E-state index in [1.807, 2.05) is 36.4 Å². The first-order chi connectivity index (χ1) is 17.5. The predicted molar refractivity (Wildman–Crippen MR) is 143 cm³/mol. The van der Waals surface area contributed by atoms with E-state index in [0.717, 1.165) is 17.0 Å². The lowest BCUT2D eigenvalue weighted by Crippen LogP contribution is -2.35. The zero-order chi connectivity index (χ0) is 25.5. The molecule has 9 heteroatoms. The van der Waals surface area contributed by atoms with Crippen LogP contribution in [0.1, 0.15) is 31.8 Å². The smallest absolute Gasteiger partial charge is 0.261 e. The van der Waals surface area contributed by atoms with Crippen molar-refractivity contribution in [3.63, 3.8) is 0 Å². The molecular formula is C27H26ClN3O4S. The number of benzene rings is 3. The van der Waals surface area contributed by atoms with Gasteiger partial charge in [-0.05, 0) is 66.2 Å². The molecule has 3 aromatic rings. The Morgan fingerprint density at radius 1 is 0.917 bits per heavy atom. The van der Waals surface area contributed by atoms with E-state index in [2.05, 4.69) is 10.6 Å². The maximum Gasteiger partial charge on any atom is 0.261 e. The molecule has 0 bridgehead atoms. The highest BCUT2D eigenvalue weighted by atomic mass is 35.5. The fraction of sp³-hybridized carbons (Fsp3) is 0.222. The van der Waals surface area contributed by atoms with Crippen LogP contribution in [0.3, 0.4) is 0 Å². The number of nitrogens with zero attached hydrogens (tertiary/aromatic N) is 1. The largest absolute Gasteiger partial charge is 0.493 e. The Hall–Kier alpha value is -3.62. The Kier molecular flexibility index (Phi) is 8.40. The van der Waals surface area contributed by atoms with Gasteiger partial charge in [0.2, 0.25) is 0 Å². The highest BCUT2D eigenvalue weighted by Crippen LogP contribution is 2.28. The van der Waals surface area contributed by atoms with Crippen molar-refractivity contribution in [2.24, 2.45) is 0 Å². The SMILES string of the molecule is COc1cc(CNC(=S)NCCc2ccc(Cl)cc2)ccc1OCCN1C(=O)c2ccccc2C1=O. The number of halogens is 1. The average Bonchev–Trinajstić information content (AvgIpc) is 3.14. The molecule has 4 rings (SSSR count). The van der Waals surface area contributed by atoms with Gasteiger partial charge in [-0.25, -0.2) is 0 Å². The first kappa shape index (κ1) is 25.5. The van der Waals surface area contributed by atoms with Gasteiger partial charge in [0.05, 0.1) is 24.8 Å². The third kappa shape index (κ3) is 6.13. The number of hydrogen-bond donors (Lipinski definition) is 2. The van der Waals surface area contributed by atoms with E-state index in [0.29, 0.717) is 40.8 Å². The van der Waals surface area contributed by atoms with Crippen LogP contribution in [-0.4, -0.2) is 48.6 Å². The van der Waals surface area contributed by atoms with Crippen LogP contribution in [0.15, 0.2) is 66.7 Å². The summed E-state index contributed by atoms with van der Waals surface area (Å²) < 4.78 is 11.3. The summed E-state index contributed by atoms with van der Waals surface area (Å²) in [5.41, 5.74) is 2.99. The van der Waals surface area contributed by atoms with E-state index in [1.54, 1.807) is 37.4 Å². The molecule has 1 aliphatic rings. The first-order valence-electron chi connectivity index (χ1n) is 11.5. The van der Waals surface area contributed by atoms with Crippen LogP contribution in [0.25, 0.3) is 0 Å². The maximum absolute atomic E-state index is 12.5. The van der Waals surface area contributed by atoms with Crippen LogP contribution < -0.4 is 20.1 Å². The molecule has 0 radical (unpaired) electrons. The summed E-state index contributed by atoms with van der Waals surface area (Å²) in [5, 5.41) is 7.66. The zero-order valence-electron chi connectivity index (χ0n) is 19.8. The molecule has 0 aliphatic carbocycles. The van der Waals surface area contributed by atoms with Crippen LogP contribution in [0.4, 0.5) is 0 Å². The molecule has 186 valence electrons. The van der Waals surface area contributed by atoms with E-state index in [-0.39, 0.29) is 25.0 Å². The minimum Gasteiger partial charge on any atom is -0.493 e. The van der Waals surface area contributed by atoms with Gasteiger partial charge in [0.15, 0.2) is 16.6 Å². The quantitative estimate of drug-likeness (QED) is 0.304. The number of rotatable bonds is 10. The lowest BCUT2D eigenvalue weighted by molar-refractivity contribution is 0.0631. The molecule has 2 amide bonds. The van der Waals surface area contributed by atoms with Crippen LogP contribution in [0, 0.1) is 0 Å². The molecule has 0 spiro atoms. The topological polar surface area (TPSA) is 79.9 Å². The minimum absolute atomic E-state index is 0.148. The number of nitrogens with one attached hydrogen (secondary N) is 2. The number of amides is 2. The van der Waals surface area contributed by atoms with Crippen LogP contribution in [0.5, 0.6) is 11.5 Å². The number of hydrogen-bond acceptors (Lipinski definition) is 5. The van der Waals surface area contributed by atoms with Crippen LogP contribution >= 0.6 is 23.8 Å². The number of ether oxygens (including phenoxy) is 2. The van der Waals surface area contributed by atoms with E-state index >= 15 is 0 Å². The zero-order valence-corrected chi connectivity index (χ0v) is 21.3. The lowest BCUT2D eigenvalue weighted by atomic mass is 10.1. The van der Waals surface area contributed by atoms with E-state index in [1.165, 1.54) is 10.5 Å². The van der Waals surface area contributed by atoms with Crippen molar-refractivity contribution < 1.29 is 19.1 Å². The number of imide groups is 1. The number of methoxy groups -OCH3 is 1. The fourth-order valence-electron chi connectivity index (χ4n) is 3.85. The van der Waals surface area contributed by atoms with Gasteiger partial charge < -0.3 is 20.1 Å². The molecule has 0 aromatic heterocycles. The second kappa shape index (κ2) is 11.9. The Morgan fingerprint density at radius 2 is 1.58 bits per heavy atom. The van der Waals surface area contributed by atoms with Crippen molar-refractivity contribution in [1.29, 1.82) is 0 Å². The Bertz CT molecular complexity index is 1230. The molecular weight excluding hydrogens is 498 g/mol. The van der Waals surface area contributed by atoms with Crippen molar-refractivity contribution in [2.75, 3.05) is 26.8 Å². The first-order valence-corrected chi connectivity index (χ1v) is 12.3. The number of carbonyl (C=O) groups is 2. The second-order valence-corrected chi connectivity index (χ2v) is 8.97. The molecule has 0 atom stereocenters. The van der Waals surface area contributed by atoms with Gasteiger partial charge in [0, 0.05) is 18.1 Å². The van der Waals surface area contributed by atoms with Gasteiger partial charge in [-0.3, -0.25) is 14.5 Å². The predicted octanol–water partition coefficient (Wildman–Crippen LogP) is 4.23. The summed E-state index contributed by atoms with van der Waals surface area (Å²) in [4.78, 5) is 26.2. The van der Waals surface area contributed by atoms with Gasteiger partial charge in [-0.15, -0.1) is 0 Å². The molecule has 0 unspecified atom stereocenters. The average molecular weight is 524 g/mol. The number of fused-ring (bicyclic) bond motifs is 1. The Morgan fingerprint density at radius 3 is 2.25 bits per heavy atom. The van der Waals surface area contributed by atoms with E-state index < -0.39 is 0 Å².